The normalized spacial score (nSPS) is 12.3. The second kappa shape index (κ2) is 6.77. The van der Waals surface area contributed by atoms with Crippen molar-refractivity contribution in [1.29, 1.82) is 5.41 Å². The Morgan fingerprint density at radius 2 is 1.96 bits per heavy atom. The summed E-state index contributed by atoms with van der Waals surface area (Å²) in [5, 5.41) is 10.1. The Balaban J connectivity index is 2.17. The first-order chi connectivity index (χ1) is 12.3. The van der Waals surface area contributed by atoms with E-state index in [4.69, 9.17) is 22.7 Å². The van der Waals surface area contributed by atoms with Gasteiger partial charge in [0.05, 0.1) is 10.3 Å². The van der Waals surface area contributed by atoms with Crippen molar-refractivity contribution in [3.63, 3.8) is 0 Å². The van der Waals surface area contributed by atoms with Gasteiger partial charge in [0.25, 0.3) is 10.0 Å². The predicted octanol–water partition coefficient (Wildman–Crippen LogP) is 2.49. The maximum atomic E-state index is 12.9. The summed E-state index contributed by atoms with van der Waals surface area (Å²) in [4.78, 5) is 8.23. The van der Waals surface area contributed by atoms with E-state index >= 15 is 0 Å². The number of nitrogens with zero attached hydrogens (tertiary/aromatic N) is 3. The average molecular weight is 391 g/mol. The summed E-state index contributed by atoms with van der Waals surface area (Å²) in [6.07, 6.45) is 3.71. The molecule has 26 heavy (non-hydrogen) atoms. The summed E-state index contributed by atoms with van der Waals surface area (Å²) in [5.74, 6) is 0.402. The number of nitrogens with two attached hydrogens (primary N) is 1. The van der Waals surface area contributed by atoms with Crippen molar-refractivity contribution in [1.82, 2.24) is 13.9 Å². The molecule has 0 bridgehead atoms. The Labute approximate surface area is 154 Å². The zero-order chi connectivity index (χ0) is 18.9. The Morgan fingerprint density at radius 1 is 1.27 bits per heavy atom. The molecule has 0 saturated carbocycles. The van der Waals surface area contributed by atoms with Crippen molar-refractivity contribution in [2.75, 3.05) is 5.32 Å². The summed E-state index contributed by atoms with van der Waals surface area (Å²) in [6, 6.07) is 8.05. The molecule has 3 aromatic rings. The molecule has 0 unspecified atom stereocenters. The van der Waals surface area contributed by atoms with Gasteiger partial charge in [0.2, 0.25) is 5.28 Å². The van der Waals surface area contributed by atoms with Crippen LogP contribution in [-0.4, -0.2) is 28.6 Å². The zero-order valence-electron chi connectivity index (χ0n) is 13.6. The van der Waals surface area contributed by atoms with Gasteiger partial charge >= 0.3 is 0 Å². The van der Waals surface area contributed by atoms with Gasteiger partial charge in [0.1, 0.15) is 11.6 Å². The van der Waals surface area contributed by atoms with E-state index in [0.29, 0.717) is 5.39 Å². The lowest BCUT2D eigenvalue weighted by Gasteiger charge is -2.09. The van der Waals surface area contributed by atoms with Gasteiger partial charge in [0.15, 0.2) is 5.65 Å². The minimum Gasteiger partial charge on any atom is -0.385 e. The van der Waals surface area contributed by atoms with Gasteiger partial charge in [-0.15, -0.1) is 0 Å². The van der Waals surface area contributed by atoms with E-state index in [1.54, 1.807) is 18.2 Å². The third kappa shape index (κ3) is 3.26. The Bertz CT molecular complexity index is 1120. The third-order valence-corrected chi connectivity index (χ3v) is 5.44. The Kier molecular flexibility index (Phi) is 4.66. The first-order valence-corrected chi connectivity index (χ1v) is 9.25. The summed E-state index contributed by atoms with van der Waals surface area (Å²) >= 11 is 5.95. The van der Waals surface area contributed by atoms with E-state index in [1.165, 1.54) is 24.4 Å². The fraction of sp³-hybridized carbons (Fsp3) is 0.0625. The van der Waals surface area contributed by atoms with Crippen molar-refractivity contribution in [3.05, 3.63) is 59.3 Å². The number of allylic oxidation sites excluding steroid dienone is 1. The number of anilines is 1. The molecule has 0 atom stereocenters. The van der Waals surface area contributed by atoms with Crippen molar-refractivity contribution in [2.24, 2.45) is 5.73 Å². The van der Waals surface area contributed by atoms with Crippen LogP contribution in [0.3, 0.4) is 0 Å². The molecule has 0 aliphatic heterocycles. The van der Waals surface area contributed by atoms with E-state index in [1.807, 2.05) is 6.92 Å². The molecule has 0 aliphatic rings. The van der Waals surface area contributed by atoms with E-state index < -0.39 is 10.0 Å². The highest BCUT2D eigenvalue weighted by Gasteiger charge is 2.21. The average Bonchev–Trinajstić information content (AvgIpc) is 3.00. The minimum atomic E-state index is -3.85. The second-order valence-electron chi connectivity index (χ2n) is 5.42. The molecule has 3 rings (SSSR count). The standard InChI is InChI=1S/C16H15ClN6O2S/c1-10-2-4-11(5-3-10)26(24,25)23-9-7-12-14(20-13(19)6-8-18)21-16(17)22-15(12)23/h2-9,18H,19H2,1H3,(H,20,21,22)/b13-6+,18-8?. The molecular formula is C16H15ClN6O2S. The number of benzene rings is 1. The van der Waals surface area contributed by atoms with Gasteiger partial charge in [0, 0.05) is 12.4 Å². The van der Waals surface area contributed by atoms with Crippen molar-refractivity contribution < 1.29 is 8.42 Å². The summed E-state index contributed by atoms with van der Waals surface area (Å²) in [6.45, 7) is 1.87. The molecule has 0 aliphatic carbocycles. The largest absolute Gasteiger partial charge is 0.385 e. The van der Waals surface area contributed by atoms with Crippen LogP contribution in [0.15, 0.2) is 53.3 Å². The van der Waals surface area contributed by atoms with Gasteiger partial charge in [-0.3, -0.25) is 0 Å². The lowest BCUT2D eigenvalue weighted by Crippen LogP contribution is -2.14. The lowest BCUT2D eigenvalue weighted by atomic mass is 10.2. The van der Waals surface area contributed by atoms with E-state index in [9.17, 15) is 8.42 Å². The summed E-state index contributed by atoms with van der Waals surface area (Å²) in [5.41, 5.74) is 6.80. The Hall–Kier alpha value is -2.91. The van der Waals surface area contributed by atoms with Crippen LogP contribution in [-0.2, 0) is 10.0 Å². The number of rotatable bonds is 5. The first-order valence-electron chi connectivity index (χ1n) is 7.43. The van der Waals surface area contributed by atoms with Crippen LogP contribution in [0.5, 0.6) is 0 Å². The summed E-state index contributed by atoms with van der Waals surface area (Å²) < 4.78 is 26.9. The highest BCUT2D eigenvalue weighted by molar-refractivity contribution is 7.90. The second-order valence-corrected chi connectivity index (χ2v) is 7.57. The SMILES string of the molecule is Cc1ccc(S(=O)(=O)n2ccc3c(N/C(N)=C/C=N)nc(Cl)nc32)cc1. The van der Waals surface area contributed by atoms with Crippen molar-refractivity contribution in [2.45, 2.75) is 11.8 Å². The number of hydrogen-bond donors (Lipinski definition) is 3. The molecule has 0 fully saturated rings. The molecule has 1 aromatic carbocycles. The van der Waals surface area contributed by atoms with Crippen LogP contribution in [0.4, 0.5) is 5.82 Å². The molecule has 0 saturated heterocycles. The molecule has 8 nitrogen and oxygen atoms in total. The van der Waals surface area contributed by atoms with Crippen molar-refractivity contribution >= 4 is 44.7 Å². The van der Waals surface area contributed by atoms with Gasteiger partial charge in [-0.25, -0.2) is 12.4 Å². The van der Waals surface area contributed by atoms with Gasteiger partial charge in [-0.1, -0.05) is 17.7 Å². The maximum absolute atomic E-state index is 12.9. The molecule has 10 heteroatoms. The predicted molar refractivity (Wildman–Crippen MR) is 101 cm³/mol. The molecular weight excluding hydrogens is 376 g/mol. The molecule has 2 heterocycles. The fourth-order valence-corrected chi connectivity index (χ4v) is 3.81. The monoisotopic (exact) mass is 390 g/mol. The Morgan fingerprint density at radius 3 is 2.62 bits per heavy atom. The zero-order valence-corrected chi connectivity index (χ0v) is 15.2. The number of nitrogens with one attached hydrogen (secondary N) is 2. The number of halogens is 1. The number of aromatic nitrogens is 3. The maximum Gasteiger partial charge on any atom is 0.269 e. The molecule has 0 radical (unpaired) electrons. The van der Waals surface area contributed by atoms with E-state index in [0.717, 1.165) is 15.8 Å². The molecule has 0 spiro atoms. The lowest BCUT2D eigenvalue weighted by molar-refractivity contribution is 0.588. The van der Waals surface area contributed by atoms with Crippen LogP contribution in [0.1, 0.15) is 5.56 Å². The molecule has 4 N–H and O–H groups in total. The van der Waals surface area contributed by atoms with Gasteiger partial charge in [-0.05, 0) is 42.8 Å². The summed E-state index contributed by atoms with van der Waals surface area (Å²) in [7, 11) is -3.85. The fourth-order valence-electron chi connectivity index (χ4n) is 2.35. The third-order valence-electron chi connectivity index (χ3n) is 3.59. The molecule has 2 aromatic heterocycles. The van der Waals surface area contributed by atoms with Crippen LogP contribution in [0, 0.1) is 12.3 Å². The highest BCUT2D eigenvalue weighted by Crippen LogP contribution is 2.27. The van der Waals surface area contributed by atoms with Crippen LogP contribution in [0.2, 0.25) is 5.28 Å². The topological polar surface area (TPSA) is 127 Å². The van der Waals surface area contributed by atoms with E-state index in [-0.39, 0.29) is 27.5 Å². The van der Waals surface area contributed by atoms with Crippen LogP contribution in [0.25, 0.3) is 11.0 Å². The highest BCUT2D eigenvalue weighted by atomic mass is 35.5. The quantitative estimate of drug-likeness (QED) is 0.453. The van der Waals surface area contributed by atoms with Gasteiger partial charge < -0.3 is 16.5 Å². The number of aryl methyl sites for hydroxylation is 1. The van der Waals surface area contributed by atoms with E-state index in [2.05, 4.69) is 15.3 Å². The first kappa shape index (κ1) is 17.9. The van der Waals surface area contributed by atoms with Crippen LogP contribution >= 0.6 is 11.6 Å². The smallest absolute Gasteiger partial charge is 0.269 e. The number of fused-ring (bicyclic) bond motifs is 1. The van der Waals surface area contributed by atoms with Crippen LogP contribution < -0.4 is 11.1 Å². The number of hydrogen-bond acceptors (Lipinski definition) is 7. The minimum absolute atomic E-state index is 0.121. The molecule has 134 valence electrons. The van der Waals surface area contributed by atoms with Crippen molar-refractivity contribution in [3.8, 4) is 0 Å². The molecule has 0 amide bonds. The van der Waals surface area contributed by atoms with Gasteiger partial charge in [-0.2, -0.15) is 9.97 Å².